The molecule has 2 aliphatic rings. The molecule has 2 heterocycles. The third-order valence-electron chi connectivity index (χ3n) is 2.01. The Morgan fingerprint density at radius 3 is 3.17 bits per heavy atom. The van der Waals surface area contributed by atoms with Crippen molar-refractivity contribution >= 4 is 29.2 Å². The molecule has 3 heteroatoms. The van der Waals surface area contributed by atoms with E-state index in [9.17, 15) is 0 Å². The summed E-state index contributed by atoms with van der Waals surface area (Å²) in [6.07, 6.45) is 2.16. The van der Waals surface area contributed by atoms with Crippen molar-refractivity contribution in [3.05, 3.63) is 35.9 Å². The summed E-state index contributed by atoms with van der Waals surface area (Å²) >= 11 is 3.81. The number of thioether (sulfide) groups is 2. The Balaban J connectivity index is 2.14. The van der Waals surface area contributed by atoms with Crippen molar-refractivity contribution in [2.45, 2.75) is 9.60 Å². The van der Waals surface area contributed by atoms with Gasteiger partial charge in [-0.15, -0.1) is 0 Å². The van der Waals surface area contributed by atoms with Gasteiger partial charge in [0.15, 0.2) is 0 Å². The van der Waals surface area contributed by atoms with Gasteiger partial charge in [0, 0.05) is 11.1 Å². The quantitative estimate of drug-likeness (QED) is 0.623. The van der Waals surface area contributed by atoms with Gasteiger partial charge in [-0.2, -0.15) is 0 Å². The second-order valence-electron chi connectivity index (χ2n) is 2.72. The van der Waals surface area contributed by atoms with E-state index in [1.165, 1.54) is 10.6 Å². The third kappa shape index (κ3) is 0.836. The van der Waals surface area contributed by atoms with E-state index in [0.29, 0.717) is 4.71 Å². The van der Waals surface area contributed by atoms with Crippen LogP contribution in [0.15, 0.2) is 40.8 Å². The maximum absolute atomic E-state index is 2.32. The molecule has 2 aliphatic heterocycles. The van der Waals surface area contributed by atoms with Gasteiger partial charge >= 0.3 is 0 Å². The third-order valence-corrected chi connectivity index (χ3v) is 4.40. The van der Waals surface area contributed by atoms with Crippen LogP contribution in [0.3, 0.4) is 0 Å². The molecule has 0 bridgehead atoms. The highest BCUT2D eigenvalue weighted by molar-refractivity contribution is 8.19. The lowest BCUT2D eigenvalue weighted by Gasteiger charge is -2.13. The highest BCUT2D eigenvalue weighted by Crippen LogP contribution is 2.50. The molecule has 0 aromatic heterocycles. The highest BCUT2D eigenvalue weighted by atomic mass is 32.2. The molecule has 0 spiro atoms. The van der Waals surface area contributed by atoms with Gasteiger partial charge in [0.1, 0.15) is 4.71 Å². The van der Waals surface area contributed by atoms with Crippen LogP contribution in [0, 0.1) is 0 Å². The highest BCUT2D eigenvalue weighted by Gasteiger charge is 2.30. The Morgan fingerprint density at radius 2 is 2.17 bits per heavy atom. The SMILES string of the molecule is C1=CN2c3ccccc3SC2S1. The standard InChI is InChI=1S/C9H7NS2/c1-2-4-8-7(3-1)10-5-6-11-9(10)12-8/h1-6,9H. The number of rotatable bonds is 0. The molecule has 1 aromatic carbocycles. The van der Waals surface area contributed by atoms with Crippen molar-refractivity contribution in [3.8, 4) is 0 Å². The van der Waals surface area contributed by atoms with Crippen LogP contribution < -0.4 is 4.90 Å². The van der Waals surface area contributed by atoms with E-state index < -0.39 is 0 Å². The summed E-state index contributed by atoms with van der Waals surface area (Å²) in [5.74, 6) is 0. The predicted octanol–water partition coefficient (Wildman–Crippen LogP) is 3.10. The first-order valence-electron chi connectivity index (χ1n) is 3.81. The zero-order valence-electron chi connectivity index (χ0n) is 6.31. The van der Waals surface area contributed by atoms with Crippen LogP contribution in [0.5, 0.6) is 0 Å². The van der Waals surface area contributed by atoms with Crippen LogP contribution in [-0.4, -0.2) is 4.71 Å². The van der Waals surface area contributed by atoms with Crippen molar-refractivity contribution in [2.75, 3.05) is 4.90 Å². The molecule has 12 heavy (non-hydrogen) atoms. The number of fused-ring (bicyclic) bond motifs is 3. The first kappa shape index (κ1) is 6.92. The summed E-state index contributed by atoms with van der Waals surface area (Å²) in [5, 5.41) is 2.16. The summed E-state index contributed by atoms with van der Waals surface area (Å²) in [6.45, 7) is 0. The maximum atomic E-state index is 2.32. The van der Waals surface area contributed by atoms with Gasteiger partial charge in [-0.1, -0.05) is 35.7 Å². The summed E-state index contributed by atoms with van der Waals surface area (Å²) in [4.78, 5) is 3.73. The molecule has 1 aromatic rings. The predicted molar refractivity (Wildman–Crippen MR) is 55.3 cm³/mol. The number of nitrogens with zero attached hydrogens (tertiary/aromatic N) is 1. The molecule has 0 fully saturated rings. The molecule has 0 amide bonds. The van der Waals surface area contributed by atoms with Crippen molar-refractivity contribution in [1.82, 2.24) is 0 Å². The second-order valence-corrected chi connectivity index (χ2v) is 5.13. The topological polar surface area (TPSA) is 3.24 Å². The minimum atomic E-state index is 0.558. The van der Waals surface area contributed by atoms with Crippen LogP contribution in [0.25, 0.3) is 0 Å². The molecular formula is C9H7NS2. The first-order chi connectivity index (χ1) is 5.95. The number of anilines is 1. The Kier molecular flexibility index (Phi) is 1.43. The van der Waals surface area contributed by atoms with Crippen LogP contribution in [0.1, 0.15) is 0 Å². The molecule has 1 nitrogen and oxygen atoms in total. The van der Waals surface area contributed by atoms with Gasteiger partial charge < -0.3 is 4.90 Å². The van der Waals surface area contributed by atoms with Crippen LogP contribution in [-0.2, 0) is 0 Å². The Hall–Kier alpha value is -0.540. The average molecular weight is 193 g/mol. The Bertz CT molecular complexity index is 348. The normalized spacial score (nSPS) is 24.3. The van der Waals surface area contributed by atoms with Crippen LogP contribution >= 0.6 is 23.5 Å². The van der Waals surface area contributed by atoms with Crippen molar-refractivity contribution in [1.29, 1.82) is 0 Å². The van der Waals surface area contributed by atoms with E-state index >= 15 is 0 Å². The van der Waals surface area contributed by atoms with Gasteiger partial charge in [0.2, 0.25) is 0 Å². The number of para-hydroxylation sites is 1. The lowest BCUT2D eigenvalue weighted by atomic mass is 10.3. The number of benzene rings is 1. The van der Waals surface area contributed by atoms with Crippen LogP contribution in [0.2, 0.25) is 0 Å². The van der Waals surface area contributed by atoms with Crippen LogP contribution in [0.4, 0.5) is 5.69 Å². The van der Waals surface area contributed by atoms with Gasteiger partial charge in [-0.05, 0) is 17.5 Å². The molecule has 1 atom stereocenters. The molecule has 0 saturated carbocycles. The van der Waals surface area contributed by atoms with E-state index in [2.05, 4.69) is 40.8 Å². The first-order valence-corrected chi connectivity index (χ1v) is 5.63. The maximum Gasteiger partial charge on any atom is 0.134 e. The van der Waals surface area contributed by atoms with Gasteiger partial charge in [-0.3, -0.25) is 0 Å². The fourth-order valence-corrected chi connectivity index (χ4v) is 3.80. The van der Waals surface area contributed by atoms with Gasteiger partial charge in [0.25, 0.3) is 0 Å². The molecular weight excluding hydrogens is 186 g/mol. The van der Waals surface area contributed by atoms with Gasteiger partial charge in [-0.25, -0.2) is 0 Å². The van der Waals surface area contributed by atoms with Crippen molar-refractivity contribution in [2.24, 2.45) is 0 Å². The van der Waals surface area contributed by atoms with E-state index in [4.69, 9.17) is 0 Å². The van der Waals surface area contributed by atoms with Crippen molar-refractivity contribution in [3.63, 3.8) is 0 Å². The Labute approximate surface area is 79.8 Å². The van der Waals surface area contributed by atoms with E-state index in [-0.39, 0.29) is 0 Å². The molecule has 0 saturated heterocycles. The summed E-state index contributed by atoms with van der Waals surface area (Å²) in [7, 11) is 0. The Morgan fingerprint density at radius 1 is 1.25 bits per heavy atom. The molecule has 1 unspecified atom stereocenters. The van der Waals surface area contributed by atoms with Gasteiger partial charge in [0.05, 0.1) is 5.69 Å². The summed E-state index contributed by atoms with van der Waals surface area (Å²) in [6, 6.07) is 8.56. The zero-order chi connectivity index (χ0) is 7.97. The minimum Gasteiger partial charge on any atom is -0.324 e. The summed E-state index contributed by atoms with van der Waals surface area (Å²) < 4.78 is 0.558. The minimum absolute atomic E-state index is 0.558. The van der Waals surface area contributed by atoms with E-state index in [1.54, 1.807) is 0 Å². The largest absolute Gasteiger partial charge is 0.324 e. The van der Waals surface area contributed by atoms with E-state index in [0.717, 1.165) is 0 Å². The average Bonchev–Trinajstić information content (AvgIpc) is 2.62. The molecule has 0 N–H and O–H groups in total. The second kappa shape index (κ2) is 2.47. The summed E-state index contributed by atoms with van der Waals surface area (Å²) in [5.41, 5.74) is 1.36. The molecule has 3 rings (SSSR count). The van der Waals surface area contributed by atoms with E-state index in [1.807, 2.05) is 23.5 Å². The monoisotopic (exact) mass is 193 g/mol. The fourth-order valence-electron chi connectivity index (χ4n) is 1.46. The lowest BCUT2D eigenvalue weighted by molar-refractivity contribution is 1.15. The smallest absolute Gasteiger partial charge is 0.134 e. The zero-order valence-corrected chi connectivity index (χ0v) is 7.94. The molecule has 60 valence electrons. The molecule has 0 aliphatic carbocycles. The van der Waals surface area contributed by atoms with Crippen molar-refractivity contribution < 1.29 is 0 Å². The lowest BCUT2D eigenvalue weighted by Crippen LogP contribution is -2.14. The number of hydrogen-bond acceptors (Lipinski definition) is 3. The number of hydrogen-bond donors (Lipinski definition) is 0. The fraction of sp³-hybridized carbons (Fsp3) is 0.111. The molecule has 0 radical (unpaired) electrons.